The number of carbonyl (C=O) groups is 2. The maximum atomic E-state index is 12.7. The van der Waals surface area contributed by atoms with Crippen molar-refractivity contribution in [2.24, 2.45) is 34.2 Å². The predicted octanol–water partition coefficient (Wildman–Crippen LogP) is 2.09. The molecule has 5 rings (SSSR count). The highest BCUT2D eigenvalue weighted by atomic mass is 16.2. The molecule has 0 aromatic heterocycles. The Kier molecular flexibility index (Phi) is 2.52. The Labute approximate surface area is 139 Å². The van der Waals surface area contributed by atoms with Crippen LogP contribution in [-0.2, 0) is 9.59 Å². The minimum absolute atomic E-state index is 0.155. The first kappa shape index (κ1) is 13.7. The quantitative estimate of drug-likeness (QED) is 0.476. The number of hydrogen-bond donors (Lipinski definition) is 0. The van der Waals surface area contributed by atoms with E-state index in [9.17, 15) is 9.59 Å². The summed E-state index contributed by atoms with van der Waals surface area (Å²) in [6, 6.07) is 8.92. The number of nitriles is 1. The van der Waals surface area contributed by atoms with E-state index in [0.717, 1.165) is 23.4 Å². The first-order valence-electron chi connectivity index (χ1n) is 8.26. The van der Waals surface area contributed by atoms with Gasteiger partial charge in [0.25, 0.3) is 11.8 Å². The molecule has 1 aromatic carbocycles. The van der Waals surface area contributed by atoms with Crippen LogP contribution in [0.5, 0.6) is 0 Å². The number of fused-ring (bicyclic) bond motifs is 3. The van der Waals surface area contributed by atoms with Gasteiger partial charge in [-0.2, -0.15) is 15.4 Å². The van der Waals surface area contributed by atoms with Gasteiger partial charge in [0.2, 0.25) is 0 Å². The number of benzene rings is 1. The average Bonchev–Trinajstić information content (AvgIpc) is 3.21. The van der Waals surface area contributed by atoms with E-state index in [1.54, 1.807) is 24.3 Å². The third-order valence-electron chi connectivity index (χ3n) is 6.19. The SMILES string of the molecule is N#Cc1ccc(/C=N\N2C(=O)[C@@H]3[C@H](C2=O)[C@H]2C=C[C@H]3C23CC3)cc1. The molecule has 3 fully saturated rings. The second-order valence-electron chi connectivity index (χ2n) is 7.19. The van der Waals surface area contributed by atoms with E-state index in [1.807, 2.05) is 0 Å². The molecule has 1 aromatic rings. The zero-order chi connectivity index (χ0) is 16.5. The lowest BCUT2D eigenvalue weighted by atomic mass is 9.85. The summed E-state index contributed by atoms with van der Waals surface area (Å²) in [5, 5.41) is 14.0. The maximum absolute atomic E-state index is 12.7. The van der Waals surface area contributed by atoms with Crippen LogP contribution in [0.15, 0.2) is 41.5 Å². The van der Waals surface area contributed by atoms with Crippen LogP contribution in [0, 0.1) is 40.4 Å². The molecule has 1 spiro atoms. The molecule has 1 heterocycles. The molecule has 24 heavy (non-hydrogen) atoms. The summed E-state index contributed by atoms with van der Waals surface area (Å²) in [7, 11) is 0. The molecule has 2 amide bonds. The van der Waals surface area contributed by atoms with E-state index in [2.05, 4.69) is 23.3 Å². The van der Waals surface area contributed by atoms with Crippen molar-refractivity contribution in [1.82, 2.24) is 5.01 Å². The first-order chi connectivity index (χ1) is 11.7. The molecular weight excluding hydrogens is 302 g/mol. The lowest BCUT2D eigenvalue weighted by Gasteiger charge is -2.18. The number of rotatable bonds is 2. The fraction of sp³-hybridized carbons (Fsp3) is 0.368. The lowest BCUT2D eigenvalue weighted by Crippen LogP contribution is -2.30. The summed E-state index contributed by atoms with van der Waals surface area (Å²) < 4.78 is 0. The summed E-state index contributed by atoms with van der Waals surface area (Å²) in [6.45, 7) is 0. The normalized spacial score (nSPS) is 34.4. The molecule has 0 unspecified atom stereocenters. The summed E-state index contributed by atoms with van der Waals surface area (Å²) in [5.74, 6) is -0.296. The number of hydrogen-bond acceptors (Lipinski definition) is 4. The van der Waals surface area contributed by atoms with Gasteiger partial charge >= 0.3 is 0 Å². The highest BCUT2D eigenvalue weighted by Crippen LogP contribution is 2.73. The van der Waals surface area contributed by atoms with E-state index in [-0.39, 0.29) is 40.9 Å². The Morgan fingerprint density at radius 1 is 1.08 bits per heavy atom. The van der Waals surface area contributed by atoms with Gasteiger partial charge in [0.05, 0.1) is 29.7 Å². The molecular formula is C19H15N3O2. The predicted molar refractivity (Wildman–Crippen MR) is 85.4 cm³/mol. The van der Waals surface area contributed by atoms with Crippen molar-refractivity contribution < 1.29 is 9.59 Å². The van der Waals surface area contributed by atoms with Crippen molar-refractivity contribution in [3.63, 3.8) is 0 Å². The van der Waals surface area contributed by atoms with Gasteiger partial charge in [-0.3, -0.25) is 9.59 Å². The van der Waals surface area contributed by atoms with Crippen LogP contribution in [0.3, 0.4) is 0 Å². The van der Waals surface area contributed by atoms with Crippen molar-refractivity contribution in [1.29, 1.82) is 5.26 Å². The third-order valence-corrected chi connectivity index (χ3v) is 6.19. The van der Waals surface area contributed by atoms with Gasteiger partial charge in [0, 0.05) is 0 Å². The van der Waals surface area contributed by atoms with E-state index in [4.69, 9.17) is 5.26 Å². The average molecular weight is 317 g/mol. The van der Waals surface area contributed by atoms with E-state index < -0.39 is 0 Å². The molecule has 4 aliphatic rings. The minimum Gasteiger partial charge on any atom is -0.272 e. The van der Waals surface area contributed by atoms with E-state index in [1.165, 1.54) is 6.21 Å². The molecule has 0 N–H and O–H groups in total. The summed E-state index contributed by atoms with van der Waals surface area (Å²) in [6.07, 6.45) is 8.09. The number of hydrazone groups is 1. The van der Waals surface area contributed by atoms with Crippen LogP contribution in [0.2, 0.25) is 0 Å². The van der Waals surface area contributed by atoms with E-state index in [0.29, 0.717) is 5.56 Å². The van der Waals surface area contributed by atoms with Crippen molar-refractivity contribution in [3.8, 4) is 6.07 Å². The standard InChI is InChI=1S/C19H15N3O2/c20-9-11-1-3-12(4-2-11)10-21-22-17(23)15-13-5-6-14(16(15)18(22)24)19(13)7-8-19/h1-6,10,13-16H,7-8H2/b21-10-/t13-,14-,15-,16+/m1/s1. The van der Waals surface area contributed by atoms with Crippen LogP contribution < -0.4 is 0 Å². The lowest BCUT2D eigenvalue weighted by molar-refractivity contribution is -0.141. The second-order valence-corrected chi connectivity index (χ2v) is 7.19. The van der Waals surface area contributed by atoms with Crippen molar-refractivity contribution in [2.75, 3.05) is 0 Å². The fourth-order valence-electron chi connectivity index (χ4n) is 4.94. The van der Waals surface area contributed by atoms with Crippen LogP contribution in [0.1, 0.15) is 24.0 Å². The molecule has 1 saturated heterocycles. The number of imide groups is 1. The maximum Gasteiger partial charge on any atom is 0.254 e. The van der Waals surface area contributed by atoms with Crippen LogP contribution in [-0.4, -0.2) is 23.0 Å². The zero-order valence-electron chi connectivity index (χ0n) is 12.9. The highest BCUT2D eigenvalue weighted by molar-refractivity contribution is 6.07. The van der Waals surface area contributed by atoms with Gasteiger partial charge in [-0.1, -0.05) is 24.3 Å². The Balaban J connectivity index is 1.41. The fourth-order valence-corrected chi connectivity index (χ4v) is 4.94. The minimum atomic E-state index is -0.215. The van der Waals surface area contributed by atoms with Gasteiger partial charge in [-0.15, -0.1) is 0 Å². The molecule has 118 valence electrons. The smallest absolute Gasteiger partial charge is 0.254 e. The van der Waals surface area contributed by atoms with Crippen molar-refractivity contribution >= 4 is 18.0 Å². The largest absolute Gasteiger partial charge is 0.272 e. The van der Waals surface area contributed by atoms with E-state index >= 15 is 0 Å². The van der Waals surface area contributed by atoms with Gasteiger partial charge in [-0.05, 0) is 47.8 Å². The van der Waals surface area contributed by atoms with Gasteiger partial charge in [-0.25, -0.2) is 0 Å². The Hall–Kier alpha value is -2.74. The zero-order valence-corrected chi connectivity index (χ0v) is 12.9. The van der Waals surface area contributed by atoms with Gasteiger partial charge in [0.15, 0.2) is 0 Å². The molecule has 5 heteroatoms. The van der Waals surface area contributed by atoms with Gasteiger partial charge < -0.3 is 0 Å². The number of carbonyl (C=O) groups excluding carboxylic acids is 2. The van der Waals surface area contributed by atoms with Crippen molar-refractivity contribution in [3.05, 3.63) is 47.5 Å². The van der Waals surface area contributed by atoms with Crippen LogP contribution >= 0.6 is 0 Å². The third kappa shape index (κ3) is 1.56. The summed E-state index contributed by atoms with van der Waals surface area (Å²) in [5.41, 5.74) is 1.53. The van der Waals surface area contributed by atoms with Crippen molar-refractivity contribution in [2.45, 2.75) is 12.8 Å². The number of nitrogens with zero attached hydrogens (tertiary/aromatic N) is 3. The highest BCUT2D eigenvalue weighted by Gasteiger charge is 2.73. The Bertz CT molecular complexity index is 824. The van der Waals surface area contributed by atoms with Crippen LogP contribution in [0.4, 0.5) is 0 Å². The molecule has 5 nitrogen and oxygen atoms in total. The Morgan fingerprint density at radius 3 is 2.17 bits per heavy atom. The molecule has 0 radical (unpaired) electrons. The number of amides is 2. The molecule has 2 saturated carbocycles. The molecule has 4 atom stereocenters. The molecule has 1 aliphatic heterocycles. The summed E-state index contributed by atoms with van der Waals surface area (Å²) >= 11 is 0. The second kappa shape index (κ2) is 4.41. The topological polar surface area (TPSA) is 73.5 Å². The molecule has 2 bridgehead atoms. The number of allylic oxidation sites excluding steroid dienone is 2. The molecule has 3 aliphatic carbocycles. The van der Waals surface area contributed by atoms with Crippen LogP contribution in [0.25, 0.3) is 0 Å². The summed E-state index contributed by atoms with van der Waals surface area (Å²) in [4.78, 5) is 25.5. The monoisotopic (exact) mass is 317 g/mol. The van der Waals surface area contributed by atoms with Gasteiger partial charge in [0.1, 0.15) is 0 Å². The first-order valence-corrected chi connectivity index (χ1v) is 8.26. The Morgan fingerprint density at radius 2 is 1.67 bits per heavy atom.